The van der Waals surface area contributed by atoms with Crippen LogP contribution in [0.4, 0.5) is 24.5 Å². The number of carbonyl (C=O) groups excluding carboxylic acids is 4. The number of hydrogen-bond donors (Lipinski definition) is 3. The summed E-state index contributed by atoms with van der Waals surface area (Å²) in [5.74, 6) is -1.57. The Balaban J connectivity index is 0.854. The summed E-state index contributed by atoms with van der Waals surface area (Å²) >= 11 is 7.18. The van der Waals surface area contributed by atoms with Crippen molar-refractivity contribution < 1.29 is 51.7 Å². The van der Waals surface area contributed by atoms with Gasteiger partial charge in [-0.15, -0.1) is 11.3 Å². The predicted octanol–water partition coefficient (Wildman–Crippen LogP) is 6.93. The Hall–Kier alpha value is -5.98. The topological polar surface area (TPSA) is 187 Å². The lowest BCUT2D eigenvalue weighted by atomic mass is 10.0. The highest BCUT2D eigenvalue weighted by Gasteiger charge is 2.51. The molecule has 69 heavy (non-hydrogen) atoms. The molecule has 15 nitrogen and oxygen atoms in total. The number of rotatable bonds is 21. The van der Waals surface area contributed by atoms with Crippen LogP contribution >= 0.6 is 23.6 Å². The number of halogens is 3. The number of thiazole rings is 1. The van der Waals surface area contributed by atoms with Crippen LogP contribution in [-0.2, 0) is 41.4 Å². The number of benzene rings is 3. The Morgan fingerprint density at radius 2 is 1.65 bits per heavy atom. The average Bonchev–Trinajstić information content (AvgIpc) is 3.98. The van der Waals surface area contributed by atoms with Crippen LogP contribution in [0, 0.1) is 24.2 Å². The van der Waals surface area contributed by atoms with Crippen LogP contribution in [0.15, 0.2) is 72.2 Å². The van der Waals surface area contributed by atoms with E-state index in [0.29, 0.717) is 50.5 Å². The van der Waals surface area contributed by atoms with E-state index >= 15 is 0 Å². The third-order valence-corrected chi connectivity index (χ3v) is 13.1. The molecule has 2 fully saturated rings. The number of β-amino-alcohol motifs (C(OH)–C–C–N with tert-alkyl or cyclic N) is 1. The number of amides is 4. The summed E-state index contributed by atoms with van der Waals surface area (Å²) in [4.78, 5) is 62.8. The lowest BCUT2D eigenvalue weighted by Crippen LogP contribution is -2.55. The van der Waals surface area contributed by atoms with E-state index in [-0.39, 0.29) is 55.3 Å². The third kappa shape index (κ3) is 12.8. The van der Waals surface area contributed by atoms with Gasteiger partial charge >= 0.3 is 6.18 Å². The van der Waals surface area contributed by atoms with Gasteiger partial charge in [-0.25, -0.2) is 4.98 Å². The monoisotopic (exact) mass is 991 g/mol. The Kier molecular flexibility index (Phi) is 17.5. The molecule has 3 atom stereocenters. The molecule has 3 N–H and O–H groups in total. The molecule has 0 radical (unpaired) electrons. The van der Waals surface area contributed by atoms with Gasteiger partial charge in [-0.05, 0) is 112 Å². The van der Waals surface area contributed by atoms with Gasteiger partial charge in [0.25, 0.3) is 5.91 Å². The fourth-order valence-corrected chi connectivity index (χ4v) is 9.38. The molecule has 3 heterocycles. The zero-order chi connectivity index (χ0) is 50.0. The van der Waals surface area contributed by atoms with E-state index < -0.39 is 58.8 Å². The second kappa shape index (κ2) is 23.1. The molecule has 368 valence electrons. The van der Waals surface area contributed by atoms with E-state index in [9.17, 15) is 42.7 Å². The van der Waals surface area contributed by atoms with Gasteiger partial charge < -0.3 is 39.8 Å². The van der Waals surface area contributed by atoms with Crippen molar-refractivity contribution in [2.75, 3.05) is 49.4 Å². The number of hydrogen-bond acceptors (Lipinski definition) is 12. The summed E-state index contributed by atoms with van der Waals surface area (Å²) in [5.41, 5.74) is 2.18. The number of nitriles is 1. The van der Waals surface area contributed by atoms with E-state index in [1.54, 1.807) is 79.8 Å². The second-order valence-electron chi connectivity index (χ2n) is 17.6. The summed E-state index contributed by atoms with van der Waals surface area (Å²) in [6.07, 6.45) is -3.66. The molecule has 0 spiro atoms. The third-order valence-electron chi connectivity index (χ3n) is 11.8. The number of alkyl halides is 3. The number of anilines is 2. The van der Waals surface area contributed by atoms with E-state index in [1.807, 2.05) is 31.2 Å². The molecule has 2 aliphatic heterocycles. The Morgan fingerprint density at radius 3 is 2.30 bits per heavy atom. The molecule has 0 bridgehead atoms. The van der Waals surface area contributed by atoms with Gasteiger partial charge in [-0.3, -0.25) is 24.1 Å². The fourth-order valence-electron chi connectivity index (χ4n) is 8.05. The number of unbranched alkanes of at least 4 members (excludes halogenated alkanes) is 1. The van der Waals surface area contributed by atoms with Gasteiger partial charge in [0.05, 0.1) is 51.7 Å². The molecule has 0 saturated carbocycles. The minimum absolute atomic E-state index is 0.00634. The molecule has 2 saturated heterocycles. The molecule has 3 aromatic carbocycles. The number of carbonyl (C=O) groups is 4. The first-order valence-electron chi connectivity index (χ1n) is 22.5. The van der Waals surface area contributed by atoms with E-state index in [0.717, 1.165) is 38.7 Å². The SMILES string of the molecule is Cc1ncsc1-c1ccc(CNC(=O)[C@@H]2C[C@@H](O)CN2C(=O)[C@@H](NC(=O)COCCCOCCCCOc2ccc(N3C(=S)N(c4ccc(C#N)c(C(F)(F)F)c4)C(=O)C3(C)C)cc2)C(C)C)cc1. The number of likely N-dealkylation sites (tertiary alicyclic amines) is 1. The number of nitrogens with zero attached hydrogens (tertiary/aromatic N) is 5. The van der Waals surface area contributed by atoms with E-state index in [2.05, 4.69) is 15.6 Å². The van der Waals surface area contributed by atoms with Gasteiger partial charge in [-0.1, -0.05) is 38.1 Å². The lowest BCUT2D eigenvalue weighted by Gasteiger charge is -2.30. The van der Waals surface area contributed by atoms with Gasteiger partial charge in [0.15, 0.2) is 5.11 Å². The Bertz CT molecular complexity index is 2510. The predicted molar refractivity (Wildman–Crippen MR) is 257 cm³/mol. The molecule has 1 aromatic heterocycles. The zero-order valence-electron chi connectivity index (χ0n) is 39.0. The minimum Gasteiger partial charge on any atom is -0.494 e. The van der Waals surface area contributed by atoms with Crippen molar-refractivity contribution in [1.29, 1.82) is 5.26 Å². The van der Waals surface area contributed by atoms with Crippen LogP contribution < -0.4 is 25.2 Å². The summed E-state index contributed by atoms with van der Waals surface area (Å²) in [7, 11) is 0. The van der Waals surface area contributed by atoms with Crippen LogP contribution in [0.3, 0.4) is 0 Å². The summed E-state index contributed by atoms with van der Waals surface area (Å²) < 4.78 is 58.2. The molecule has 0 unspecified atom stereocenters. The first-order valence-corrected chi connectivity index (χ1v) is 23.8. The molecule has 6 rings (SSSR count). The maximum Gasteiger partial charge on any atom is 0.417 e. The Morgan fingerprint density at radius 1 is 0.986 bits per heavy atom. The van der Waals surface area contributed by atoms with Crippen molar-refractivity contribution >= 4 is 63.7 Å². The average molecular weight is 992 g/mol. The van der Waals surface area contributed by atoms with Crippen molar-refractivity contribution in [3.8, 4) is 22.3 Å². The minimum atomic E-state index is -4.80. The van der Waals surface area contributed by atoms with E-state index in [4.69, 9.17) is 26.4 Å². The van der Waals surface area contributed by atoms with Crippen molar-refractivity contribution in [2.24, 2.45) is 5.92 Å². The largest absolute Gasteiger partial charge is 0.494 e. The molecule has 20 heteroatoms. The maximum atomic E-state index is 13.7. The van der Waals surface area contributed by atoms with Crippen molar-refractivity contribution in [3.05, 3.63) is 94.6 Å². The van der Waals surface area contributed by atoms with Crippen LogP contribution in [0.2, 0.25) is 0 Å². The molecule has 2 aliphatic rings. The number of aryl methyl sites for hydroxylation is 1. The smallest absolute Gasteiger partial charge is 0.417 e. The molecular formula is C49H56F3N7O8S2. The number of aliphatic hydroxyl groups is 1. The van der Waals surface area contributed by atoms with Crippen LogP contribution in [0.1, 0.15) is 75.8 Å². The van der Waals surface area contributed by atoms with Gasteiger partial charge in [0, 0.05) is 45.0 Å². The first kappa shape index (κ1) is 52.4. The second-order valence-corrected chi connectivity index (χ2v) is 18.8. The number of nitrogens with one attached hydrogen (secondary N) is 2. The highest BCUT2D eigenvalue weighted by atomic mass is 32.1. The van der Waals surface area contributed by atoms with Gasteiger partial charge in [0.2, 0.25) is 17.7 Å². The van der Waals surface area contributed by atoms with Gasteiger partial charge in [0.1, 0.15) is 30.0 Å². The lowest BCUT2D eigenvalue weighted by molar-refractivity contribution is -0.143. The van der Waals surface area contributed by atoms with Crippen molar-refractivity contribution in [1.82, 2.24) is 20.5 Å². The number of ether oxygens (including phenoxy) is 3. The highest BCUT2D eigenvalue weighted by Crippen LogP contribution is 2.40. The number of thiocarbonyl (C=S) groups is 1. The number of aliphatic hydroxyl groups excluding tert-OH is 1. The quantitative estimate of drug-likeness (QED) is 0.0579. The molecule has 4 aromatic rings. The summed E-state index contributed by atoms with van der Waals surface area (Å²) in [6.45, 7) is 10.3. The normalized spacial score (nSPS) is 17.3. The molecular weight excluding hydrogens is 936 g/mol. The van der Waals surface area contributed by atoms with Crippen LogP contribution in [0.5, 0.6) is 5.75 Å². The fraction of sp³-hybridized carbons (Fsp3) is 0.449. The zero-order valence-corrected chi connectivity index (χ0v) is 40.6. The van der Waals surface area contributed by atoms with E-state index in [1.165, 1.54) is 11.0 Å². The molecule has 4 amide bonds. The standard InChI is InChI=1S/C49H56F3N7O8S2/c1-30(2)42(45(63)57-27-37(60)24-40(57)44(62)54-26-32-9-11-33(12-10-32)43-31(3)55-29-69-43)56-41(61)28-66-21-8-20-65-19-6-7-22-67-38-17-15-35(16-18-38)59-47(68)58(46(64)48(59,4)5)36-14-13-34(25-53)39(23-36)49(50,51)52/h9-18,23,29-30,37,40,42,60H,6-8,19-22,24,26-28H2,1-5H3,(H,54,62)(H,56,61)/t37-,40+,42+/m1/s1. The molecule has 0 aliphatic carbocycles. The maximum absolute atomic E-state index is 13.7. The van der Waals surface area contributed by atoms with Crippen molar-refractivity contribution in [2.45, 2.75) is 96.7 Å². The highest BCUT2D eigenvalue weighted by molar-refractivity contribution is 7.81. The summed E-state index contributed by atoms with van der Waals surface area (Å²) in [5, 5.41) is 25.3. The van der Waals surface area contributed by atoms with Crippen LogP contribution in [0.25, 0.3) is 10.4 Å². The summed E-state index contributed by atoms with van der Waals surface area (Å²) in [6, 6.07) is 17.4. The first-order chi connectivity index (χ1) is 32.8. The van der Waals surface area contributed by atoms with Crippen molar-refractivity contribution in [3.63, 3.8) is 0 Å². The van der Waals surface area contributed by atoms with Crippen LogP contribution in [-0.4, -0.2) is 107 Å². The van der Waals surface area contributed by atoms with Gasteiger partial charge in [-0.2, -0.15) is 18.4 Å². The number of aromatic nitrogens is 1. The Labute approximate surface area is 408 Å².